The molecule has 4 heterocycles. The number of piperazine rings is 1. The van der Waals surface area contributed by atoms with Crippen molar-refractivity contribution in [1.82, 2.24) is 24.6 Å². The van der Waals surface area contributed by atoms with E-state index in [1.54, 1.807) is 22.3 Å². The molecule has 5 rings (SSSR count). The monoisotopic (exact) mass is 404 g/mol. The van der Waals surface area contributed by atoms with E-state index in [9.17, 15) is 4.79 Å². The first-order valence-corrected chi connectivity index (χ1v) is 10.4. The number of aryl methyl sites for hydroxylation is 1. The number of rotatable bonds is 3. The van der Waals surface area contributed by atoms with Gasteiger partial charge in [-0.05, 0) is 30.5 Å². The van der Waals surface area contributed by atoms with Crippen molar-refractivity contribution in [2.45, 2.75) is 6.92 Å². The number of hydrogen-bond acceptors (Lipinski definition) is 6. The van der Waals surface area contributed by atoms with Crippen LogP contribution in [0.2, 0.25) is 0 Å². The molecule has 0 saturated carbocycles. The molecule has 1 saturated heterocycles. The van der Waals surface area contributed by atoms with Crippen LogP contribution in [0.5, 0.6) is 0 Å². The van der Waals surface area contributed by atoms with Crippen LogP contribution in [0.15, 0.2) is 55.0 Å². The van der Waals surface area contributed by atoms with Gasteiger partial charge in [0.25, 0.3) is 5.91 Å². The van der Waals surface area contributed by atoms with E-state index in [-0.39, 0.29) is 5.91 Å². The Morgan fingerprint density at radius 2 is 1.79 bits per heavy atom. The molecule has 1 amide bonds. The average Bonchev–Trinajstić information content (AvgIpc) is 3.40. The lowest BCUT2D eigenvalue weighted by atomic mass is 10.2. The number of thiophene rings is 1. The van der Waals surface area contributed by atoms with Crippen molar-refractivity contribution in [2.24, 2.45) is 0 Å². The highest BCUT2D eigenvalue weighted by Crippen LogP contribution is 2.27. The number of carbonyl (C=O) groups excluding carboxylic acids is 1. The molecule has 0 bridgehead atoms. The number of hydrogen-bond donors (Lipinski definition) is 0. The second-order valence-electron chi connectivity index (χ2n) is 7.06. The second kappa shape index (κ2) is 7.29. The van der Waals surface area contributed by atoms with Gasteiger partial charge in [0, 0.05) is 43.1 Å². The van der Waals surface area contributed by atoms with Crippen LogP contribution in [-0.4, -0.2) is 56.7 Å². The second-order valence-corrected chi connectivity index (χ2v) is 8.15. The van der Waals surface area contributed by atoms with Crippen LogP contribution in [0.4, 0.5) is 5.82 Å². The quantitative estimate of drug-likeness (QED) is 0.525. The number of nitrogens with zero attached hydrogens (tertiary/aromatic N) is 6. The molecule has 1 aliphatic heterocycles. The molecule has 8 heteroatoms. The summed E-state index contributed by atoms with van der Waals surface area (Å²) in [4.78, 5) is 26.6. The van der Waals surface area contributed by atoms with E-state index < -0.39 is 0 Å². The number of amides is 1. The van der Waals surface area contributed by atoms with Crippen LogP contribution in [0.3, 0.4) is 0 Å². The normalized spacial score (nSPS) is 14.5. The summed E-state index contributed by atoms with van der Waals surface area (Å²) in [5.41, 5.74) is 0.943. The van der Waals surface area contributed by atoms with Crippen LogP contribution in [-0.2, 0) is 0 Å². The molecule has 4 aromatic rings. The van der Waals surface area contributed by atoms with E-state index in [0.717, 1.165) is 45.4 Å². The highest BCUT2D eigenvalue weighted by Gasteiger charge is 2.24. The minimum Gasteiger partial charge on any atom is -0.353 e. The Bertz CT molecular complexity index is 1140. The van der Waals surface area contributed by atoms with E-state index in [2.05, 4.69) is 26.0 Å². The molecule has 0 radical (unpaired) electrons. The maximum atomic E-state index is 12.9. The summed E-state index contributed by atoms with van der Waals surface area (Å²) in [6, 6.07) is 14.0. The van der Waals surface area contributed by atoms with Gasteiger partial charge in [0.1, 0.15) is 12.1 Å². The molecule has 0 N–H and O–H groups in total. The van der Waals surface area contributed by atoms with Crippen LogP contribution in [0, 0.1) is 6.92 Å². The fraction of sp³-hybridized carbons (Fsp3) is 0.238. The fourth-order valence-corrected chi connectivity index (χ4v) is 4.59. The Labute approximate surface area is 172 Å². The van der Waals surface area contributed by atoms with E-state index in [0.29, 0.717) is 13.1 Å². The Hall–Kier alpha value is -3.26. The summed E-state index contributed by atoms with van der Waals surface area (Å²) in [7, 11) is 0. The van der Waals surface area contributed by atoms with Crippen molar-refractivity contribution in [3.63, 3.8) is 0 Å². The van der Waals surface area contributed by atoms with Gasteiger partial charge in [0.15, 0.2) is 5.82 Å². The summed E-state index contributed by atoms with van der Waals surface area (Å²) >= 11 is 1.56. The van der Waals surface area contributed by atoms with Gasteiger partial charge in [-0.25, -0.2) is 14.6 Å². The summed E-state index contributed by atoms with van der Waals surface area (Å²) in [5, 5.41) is 5.54. The predicted molar refractivity (Wildman–Crippen MR) is 114 cm³/mol. The first kappa shape index (κ1) is 17.8. The summed E-state index contributed by atoms with van der Waals surface area (Å²) < 4.78 is 2.90. The average molecular weight is 404 g/mol. The van der Waals surface area contributed by atoms with E-state index in [4.69, 9.17) is 0 Å². The van der Waals surface area contributed by atoms with Crippen molar-refractivity contribution in [2.75, 3.05) is 31.1 Å². The van der Waals surface area contributed by atoms with E-state index in [1.165, 1.54) is 0 Å². The van der Waals surface area contributed by atoms with E-state index in [1.807, 2.05) is 54.4 Å². The third-order valence-corrected chi connectivity index (χ3v) is 6.23. The van der Waals surface area contributed by atoms with Gasteiger partial charge in [-0.15, -0.1) is 11.3 Å². The molecule has 3 aromatic heterocycles. The number of benzene rings is 1. The van der Waals surface area contributed by atoms with Gasteiger partial charge in [0.2, 0.25) is 0 Å². The largest absolute Gasteiger partial charge is 0.353 e. The molecule has 146 valence electrons. The van der Waals surface area contributed by atoms with Crippen LogP contribution >= 0.6 is 11.3 Å². The van der Waals surface area contributed by atoms with Crippen molar-refractivity contribution < 1.29 is 4.79 Å². The third kappa shape index (κ3) is 3.47. The number of anilines is 1. The number of fused-ring (bicyclic) bond motifs is 1. The fourth-order valence-electron chi connectivity index (χ4n) is 3.56. The van der Waals surface area contributed by atoms with Gasteiger partial charge >= 0.3 is 0 Å². The van der Waals surface area contributed by atoms with Gasteiger partial charge < -0.3 is 9.80 Å². The highest BCUT2D eigenvalue weighted by atomic mass is 32.1. The standard InChI is InChI=1S/C21H20N6OS/c1-15-6-7-27(24-15)20-13-19(22-14-23-20)25-8-10-26(11-9-25)21(28)18-12-16-4-2-3-5-17(16)29-18/h2-7,12-14H,8-11H2,1H3. The van der Waals surface area contributed by atoms with Crippen molar-refractivity contribution >= 4 is 33.1 Å². The van der Waals surface area contributed by atoms with Crippen LogP contribution in [0.25, 0.3) is 15.9 Å². The van der Waals surface area contributed by atoms with E-state index >= 15 is 0 Å². The smallest absolute Gasteiger partial charge is 0.264 e. The van der Waals surface area contributed by atoms with Gasteiger partial charge in [-0.1, -0.05) is 18.2 Å². The number of aromatic nitrogens is 4. The SMILES string of the molecule is Cc1ccn(-c2cc(N3CCN(C(=O)c4cc5ccccc5s4)CC3)ncn2)n1. The third-order valence-electron chi connectivity index (χ3n) is 5.12. The van der Waals surface area contributed by atoms with Gasteiger partial charge in [0.05, 0.1) is 10.6 Å². The lowest BCUT2D eigenvalue weighted by molar-refractivity contribution is 0.0751. The summed E-state index contributed by atoms with van der Waals surface area (Å²) in [5.74, 6) is 1.71. The maximum Gasteiger partial charge on any atom is 0.264 e. The van der Waals surface area contributed by atoms with Crippen molar-refractivity contribution in [1.29, 1.82) is 0 Å². The lowest BCUT2D eigenvalue weighted by Crippen LogP contribution is -2.48. The van der Waals surface area contributed by atoms with Crippen LogP contribution in [0.1, 0.15) is 15.4 Å². The number of carbonyl (C=O) groups is 1. The predicted octanol–water partition coefficient (Wildman–Crippen LogP) is 3.15. The topological polar surface area (TPSA) is 67.2 Å². The van der Waals surface area contributed by atoms with Gasteiger partial charge in [-0.3, -0.25) is 4.79 Å². The van der Waals surface area contributed by atoms with Crippen molar-refractivity contribution in [3.8, 4) is 5.82 Å². The summed E-state index contributed by atoms with van der Waals surface area (Å²) in [6.07, 6.45) is 3.46. The Balaban J connectivity index is 1.28. The van der Waals surface area contributed by atoms with Crippen LogP contribution < -0.4 is 4.90 Å². The summed E-state index contributed by atoms with van der Waals surface area (Å²) in [6.45, 7) is 4.78. The molecule has 1 aromatic carbocycles. The molecule has 29 heavy (non-hydrogen) atoms. The minimum atomic E-state index is 0.112. The van der Waals surface area contributed by atoms with Crippen molar-refractivity contribution in [3.05, 3.63) is 65.6 Å². The zero-order valence-electron chi connectivity index (χ0n) is 16.0. The highest BCUT2D eigenvalue weighted by molar-refractivity contribution is 7.20. The maximum absolute atomic E-state index is 12.9. The molecule has 0 aliphatic carbocycles. The first-order chi connectivity index (χ1) is 14.2. The molecule has 0 spiro atoms. The zero-order chi connectivity index (χ0) is 19.8. The molecule has 0 unspecified atom stereocenters. The zero-order valence-corrected chi connectivity index (χ0v) is 16.8. The Morgan fingerprint density at radius 1 is 1.00 bits per heavy atom. The molecular formula is C21H20N6OS. The molecule has 7 nitrogen and oxygen atoms in total. The minimum absolute atomic E-state index is 0.112. The molecule has 1 fully saturated rings. The first-order valence-electron chi connectivity index (χ1n) is 9.55. The molecular weight excluding hydrogens is 384 g/mol. The molecule has 1 aliphatic rings. The Morgan fingerprint density at radius 3 is 2.55 bits per heavy atom. The molecule has 0 atom stereocenters. The lowest BCUT2D eigenvalue weighted by Gasteiger charge is -2.35. The van der Waals surface area contributed by atoms with Gasteiger partial charge in [-0.2, -0.15) is 5.10 Å². The Kier molecular flexibility index (Phi) is 4.48.